The van der Waals surface area contributed by atoms with Crippen LogP contribution in [0.2, 0.25) is 0 Å². The van der Waals surface area contributed by atoms with Gasteiger partial charge in [0.1, 0.15) is 11.8 Å². The number of esters is 1. The molecule has 0 radical (unpaired) electrons. The quantitative estimate of drug-likeness (QED) is 0.740. The summed E-state index contributed by atoms with van der Waals surface area (Å²) in [6.45, 7) is 7.54. The molecule has 3 heterocycles. The van der Waals surface area contributed by atoms with Crippen LogP contribution in [0.25, 0.3) is 0 Å². The van der Waals surface area contributed by atoms with E-state index >= 15 is 0 Å². The molecule has 1 saturated heterocycles. The number of likely N-dealkylation sites (N-methyl/N-ethyl adjacent to an activating group) is 1. The Kier molecular flexibility index (Phi) is 5.21. The van der Waals surface area contributed by atoms with Crippen LogP contribution in [0.15, 0.2) is 45.6 Å². The van der Waals surface area contributed by atoms with Crippen molar-refractivity contribution in [1.82, 2.24) is 4.90 Å². The van der Waals surface area contributed by atoms with E-state index in [0.29, 0.717) is 24.5 Å². The van der Waals surface area contributed by atoms with Gasteiger partial charge >= 0.3 is 11.6 Å². The van der Waals surface area contributed by atoms with E-state index in [9.17, 15) is 9.59 Å². The summed E-state index contributed by atoms with van der Waals surface area (Å²) in [7, 11) is 1.92. The molecule has 2 aliphatic rings. The molecule has 1 aromatic carbocycles. The van der Waals surface area contributed by atoms with Crippen LogP contribution in [0.3, 0.4) is 0 Å². The van der Waals surface area contributed by atoms with Crippen molar-refractivity contribution < 1.29 is 13.9 Å². The maximum atomic E-state index is 12.9. The Balaban J connectivity index is 1.78. The van der Waals surface area contributed by atoms with Crippen LogP contribution >= 0.6 is 0 Å². The van der Waals surface area contributed by atoms with Gasteiger partial charge in [-0.1, -0.05) is 37.3 Å². The first kappa shape index (κ1) is 19.7. The van der Waals surface area contributed by atoms with E-state index in [0.717, 1.165) is 12.2 Å². The highest BCUT2D eigenvalue weighted by molar-refractivity contribution is 5.77. The fraction of sp³-hybridized carbons (Fsp3) is 0.478. The monoisotopic (exact) mass is 396 g/mol. The SMILES string of the molecule is CCOC(=O)[C@@H]1[C@H](C)[C@H]2CN(Cc3ccccc3)c3cc(C)oc(=O)c3[C@H]2N1C. The highest BCUT2D eigenvalue weighted by atomic mass is 16.5. The second kappa shape index (κ2) is 7.67. The van der Waals surface area contributed by atoms with Crippen molar-refractivity contribution in [1.29, 1.82) is 0 Å². The summed E-state index contributed by atoms with van der Waals surface area (Å²) in [6, 6.07) is 11.7. The number of hydrogen-bond acceptors (Lipinski definition) is 6. The maximum absolute atomic E-state index is 12.9. The minimum absolute atomic E-state index is 0.0659. The third-order valence-corrected chi connectivity index (χ3v) is 6.36. The third kappa shape index (κ3) is 3.35. The van der Waals surface area contributed by atoms with Crippen LogP contribution in [-0.2, 0) is 16.1 Å². The molecule has 6 nitrogen and oxygen atoms in total. The van der Waals surface area contributed by atoms with E-state index in [4.69, 9.17) is 9.15 Å². The van der Waals surface area contributed by atoms with Crippen molar-refractivity contribution in [3.8, 4) is 0 Å². The molecule has 0 bridgehead atoms. The lowest BCUT2D eigenvalue weighted by Gasteiger charge is -2.40. The summed E-state index contributed by atoms with van der Waals surface area (Å²) in [5.41, 5.74) is 2.44. The predicted octanol–water partition coefficient (Wildman–Crippen LogP) is 3.14. The first-order valence-electron chi connectivity index (χ1n) is 10.2. The van der Waals surface area contributed by atoms with Crippen molar-refractivity contribution in [2.75, 3.05) is 25.1 Å². The van der Waals surface area contributed by atoms with Gasteiger partial charge in [-0.05, 0) is 32.4 Å². The second-order valence-electron chi connectivity index (χ2n) is 8.14. The molecular formula is C23H28N2O4. The Bertz CT molecular complexity index is 955. The molecule has 0 unspecified atom stereocenters. The van der Waals surface area contributed by atoms with Crippen LogP contribution in [-0.4, -0.2) is 37.1 Å². The Morgan fingerprint density at radius 1 is 1.28 bits per heavy atom. The van der Waals surface area contributed by atoms with Gasteiger partial charge in [0.2, 0.25) is 0 Å². The molecule has 4 atom stereocenters. The van der Waals surface area contributed by atoms with Gasteiger partial charge in [0.15, 0.2) is 0 Å². The molecule has 6 heteroatoms. The maximum Gasteiger partial charge on any atom is 0.342 e. The Morgan fingerprint density at radius 3 is 2.69 bits per heavy atom. The van der Waals surface area contributed by atoms with Crippen LogP contribution in [0.1, 0.15) is 36.8 Å². The number of carbonyl (C=O) groups is 1. The number of benzene rings is 1. The fourth-order valence-corrected chi connectivity index (χ4v) is 5.11. The molecule has 0 aliphatic carbocycles. The van der Waals surface area contributed by atoms with E-state index in [2.05, 4.69) is 24.0 Å². The average Bonchev–Trinajstić information content (AvgIpc) is 2.93. The van der Waals surface area contributed by atoms with E-state index in [-0.39, 0.29) is 35.5 Å². The molecule has 0 saturated carbocycles. The molecular weight excluding hydrogens is 368 g/mol. The van der Waals surface area contributed by atoms with E-state index in [1.807, 2.05) is 43.1 Å². The molecule has 0 amide bonds. The Hall–Kier alpha value is -2.60. The minimum atomic E-state index is -0.366. The summed E-state index contributed by atoms with van der Waals surface area (Å²) in [6.07, 6.45) is 0. The minimum Gasteiger partial charge on any atom is -0.465 e. The van der Waals surface area contributed by atoms with Gasteiger partial charge in [0, 0.05) is 31.1 Å². The summed E-state index contributed by atoms with van der Waals surface area (Å²) in [5.74, 6) is 0.581. The van der Waals surface area contributed by atoms with E-state index < -0.39 is 0 Å². The average molecular weight is 396 g/mol. The van der Waals surface area contributed by atoms with Gasteiger partial charge in [-0.2, -0.15) is 0 Å². The molecule has 4 rings (SSSR count). The zero-order valence-electron chi connectivity index (χ0n) is 17.4. The lowest BCUT2D eigenvalue weighted by atomic mass is 9.82. The number of ether oxygens (including phenoxy) is 1. The van der Waals surface area contributed by atoms with Crippen LogP contribution in [0, 0.1) is 18.8 Å². The van der Waals surface area contributed by atoms with Gasteiger partial charge < -0.3 is 14.1 Å². The fourth-order valence-electron chi connectivity index (χ4n) is 5.11. The summed E-state index contributed by atoms with van der Waals surface area (Å²) >= 11 is 0. The van der Waals surface area contributed by atoms with Gasteiger partial charge in [0.05, 0.1) is 17.9 Å². The lowest BCUT2D eigenvalue weighted by Crippen LogP contribution is -2.42. The van der Waals surface area contributed by atoms with E-state index in [1.54, 1.807) is 6.92 Å². The van der Waals surface area contributed by atoms with Crippen molar-refractivity contribution in [3.63, 3.8) is 0 Å². The molecule has 0 spiro atoms. The zero-order chi connectivity index (χ0) is 20.7. The molecule has 1 fully saturated rings. The highest BCUT2D eigenvalue weighted by Crippen LogP contribution is 2.49. The number of nitrogens with zero attached hydrogens (tertiary/aromatic N) is 2. The number of fused-ring (bicyclic) bond motifs is 3. The second-order valence-corrected chi connectivity index (χ2v) is 8.14. The molecule has 2 aliphatic heterocycles. The van der Waals surface area contributed by atoms with Crippen molar-refractivity contribution in [2.24, 2.45) is 11.8 Å². The summed E-state index contributed by atoms with van der Waals surface area (Å²) < 4.78 is 10.8. The number of carbonyl (C=O) groups excluding carboxylic acids is 1. The van der Waals surface area contributed by atoms with Crippen molar-refractivity contribution in [2.45, 2.75) is 39.4 Å². The topological polar surface area (TPSA) is 63.0 Å². The normalized spacial score (nSPS) is 26.1. The number of aryl methyl sites for hydroxylation is 1. The number of anilines is 1. The van der Waals surface area contributed by atoms with Gasteiger partial charge in [0.25, 0.3) is 0 Å². The molecule has 29 heavy (non-hydrogen) atoms. The largest absolute Gasteiger partial charge is 0.465 e. The number of rotatable bonds is 4. The smallest absolute Gasteiger partial charge is 0.342 e. The third-order valence-electron chi connectivity index (χ3n) is 6.36. The van der Waals surface area contributed by atoms with Crippen LogP contribution in [0.4, 0.5) is 5.69 Å². The number of likely N-dealkylation sites (tertiary alicyclic amines) is 1. The first-order chi connectivity index (χ1) is 13.9. The Labute approximate surface area is 171 Å². The molecule has 2 aromatic rings. The number of hydrogen-bond donors (Lipinski definition) is 0. The summed E-state index contributed by atoms with van der Waals surface area (Å²) in [4.78, 5) is 29.9. The van der Waals surface area contributed by atoms with Gasteiger partial charge in [-0.25, -0.2) is 4.79 Å². The standard InChI is InChI=1S/C23H28N2O4/c1-5-28-23(27)20-15(3)17-13-25(12-16-9-7-6-8-10-16)18-11-14(2)29-22(26)19(18)21(17)24(20)4/h6-11,15,17,20-21H,5,12-13H2,1-4H3/t15-,17-,20+,21+/m1/s1. The highest BCUT2D eigenvalue weighted by Gasteiger charge is 2.53. The van der Waals surface area contributed by atoms with Crippen LogP contribution in [0.5, 0.6) is 0 Å². The summed E-state index contributed by atoms with van der Waals surface area (Å²) in [5, 5.41) is 0. The molecule has 1 aromatic heterocycles. The molecule has 154 valence electrons. The van der Waals surface area contributed by atoms with Crippen molar-refractivity contribution in [3.05, 3.63) is 63.7 Å². The predicted molar refractivity (Wildman–Crippen MR) is 111 cm³/mol. The molecule has 0 N–H and O–H groups in total. The van der Waals surface area contributed by atoms with E-state index in [1.165, 1.54) is 5.56 Å². The zero-order valence-corrected chi connectivity index (χ0v) is 17.4. The Morgan fingerprint density at radius 2 is 2.00 bits per heavy atom. The lowest BCUT2D eigenvalue weighted by molar-refractivity contribution is -0.149. The van der Waals surface area contributed by atoms with Gasteiger partial charge in [-0.15, -0.1) is 0 Å². The van der Waals surface area contributed by atoms with Gasteiger partial charge in [-0.3, -0.25) is 9.69 Å². The van der Waals surface area contributed by atoms with Crippen LogP contribution < -0.4 is 10.5 Å². The first-order valence-corrected chi connectivity index (χ1v) is 10.2. The van der Waals surface area contributed by atoms with Crippen molar-refractivity contribution >= 4 is 11.7 Å².